The Morgan fingerprint density at radius 3 is 3.11 bits per heavy atom. The number of ether oxygens (including phenoxy) is 1. The summed E-state index contributed by atoms with van der Waals surface area (Å²) < 4.78 is 5.59. The van der Waals surface area contributed by atoms with Crippen LogP contribution in [0, 0.1) is 6.92 Å². The van der Waals surface area contributed by atoms with Crippen LogP contribution in [-0.4, -0.2) is 48.3 Å². The molecule has 18 heavy (non-hydrogen) atoms. The molecule has 0 aliphatic carbocycles. The summed E-state index contributed by atoms with van der Waals surface area (Å²) in [7, 11) is 0. The number of aryl methyl sites for hydroxylation is 1. The maximum atomic E-state index is 5.59. The first-order chi connectivity index (χ1) is 8.65. The molecule has 0 aromatic carbocycles. The van der Waals surface area contributed by atoms with E-state index in [0.29, 0.717) is 12.1 Å². The highest BCUT2D eigenvalue weighted by molar-refractivity contribution is 7.09. The zero-order chi connectivity index (χ0) is 13.0. The third-order valence-corrected chi connectivity index (χ3v) is 4.07. The van der Waals surface area contributed by atoms with Gasteiger partial charge in [-0.2, -0.15) is 0 Å². The number of hydrogen-bond donors (Lipinski definition) is 1. The minimum absolute atomic E-state index is 0.463. The van der Waals surface area contributed by atoms with Crippen LogP contribution in [-0.2, 0) is 11.3 Å². The molecule has 1 N–H and O–H groups in total. The Morgan fingerprint density at radius 1 is 1.61 bits per heavy atom. The van der Waals surface area contributed by atoms with Crippen LogP contribution in [0.4, 0.5) is 0 Å². The van der Waals surface area contributed by atoms with Crippen LogP contribution in [0.25, 0.3) is 0 Å². The van der Waals surface area contributed by atoms with Crippen molar-refractivity contribution in [3.05, 3.63) is 16.1 Å². The highest BCUT2D eigenvalue weighted by atomic mass is 32.1. The molecule has 0 spiro atoms. The van der Waals surface area contributed by atoms with Gasteiger partial charge in [0.15, 0.2) is 0 Å². The summed E-state index contributed by atoms with van der Waals surface area (Å²) in [5.74, 6) is 0. The van der Waals surface area contributed by atoms with Gasteiger partial charge in [-0.15, -0.1) is 11.3 Å². The zero-order valence-corrected chi connectivity index (χ0v) is 12.3. The Hall–Kier alpha value is -0.490. The van der Waals surface area contributed by atoms with Gasteiger partial charge in [-0.25, -0.2) is 4.98 Å². The molecule has 1 unspecified atom stereocenters. The summed E-state index contributed by atoms with van der Waals surface area (Å²) in [5.41, 5.74) is 1.13. The number of rotatable bonds is 5. The first-order valence-corrected chi connectivity index (χ1v) is 7.49. The Balaban J connectivity index is 1.90. The second-order valence-corrected chi connectivity index (χ2v) is 6.09. The lowest BCUT2D eigenvalue weighted by molar-refractivity contribution is -0.0115. The van der Waals surface area contributed by atoms with Gasteiger partial charge < -0.3 is 10.1 Å². The molecule has 0 radical (unpaired) electrons. The molecule has 1 aliphatic heterocycles. The summed E-state index contributed by atoms with van der Waals surface area (Å²) in [5, 5.41) is 6.83. The van der Waals surface area contributed by atoms with Gasteiger partial charge in [0.1, 0.15) is 5.01 Å². The quantitative estimate of drug-likeness (QED) is 0.882. The normalized spacial score (nSPS) is 21.7. The third kappa shape index (κ3) is 4.02. The van der Waals surface area contributed by atoms with Crippen molar-refractivity contribution < 1.29 is 4.74 Å². The average Bonchev–Trinajstić information content (AvgIpc) is 2.73. The van der Waals surface area contributed by atoms with E-state index >= 15 is 0 Å². The van der Waals surface area contributed by atoms with E-state index in [0.717, 1.165) is 38.5 Å². The molecule has 2 heterocycles. The summed E-state index contributed by atoms with van der Waals surface area (Å²) >= 11 is 1.76. The van der Waals surface area contributed by atoms with Crippen LogP contribution >= 0.6 is 11.3 Å². The molecule has 0 saturated carbocycles. The molecule has 1 aliphatic rings. The molecule has 1 aromatic rings. The van der Waals surface area contributed by atoms with Gasteiger partial charge in [0.05, 0.1) is 19.8 Å². The van der Waals surface area contributed by atoms with Crippen LogP contribution in [0.3, 0.4) is 0 Å². The lowest BCUT2D eigenvalue weighted by Gasteiger charge is -2.35. The second kappa shape index (κ2) is 6.61. The van der Waals surface area contributed by atoms with Crippen molar-refractivity contribution >= 4 is 11.3 Å². The molecule has 102 valence electrons. The van der Waals surface area contributed by atoms with Crippen molar-refractivity contribution in [2.45, 2.75) is 39.4 Å². The number of hydrogen-bond acceptors (Lipinski definition) is 5. The lowest BCUT2D eigenvalue weighted by Crippen LogP contribution is -2.50. The van der Waals surface area contributed by atoms with Crippen LogP contribution in [0.15, 0.2) is 5.38 Å². The number of nitrogens with one attached hydrogen (secondary N) is 1. The summed E-state index contributed by atoms with van der Waals surface area (Å²) in [6, 6.07) is 0.987. The smallest absolute Gasteiger partial charge is 0.107 e. The lowest BCUT2D eigenvalue weighted by atomic mass is 10.2. The fraction of sp³-hybridized carbons (Fsp3) is 0.769. The fourth-order valence-electron chi connectivity index (χ4n) is 2.11. The highest BCUT2D eigenvalue weighted by Crippen LogP contribution is 2.15. The van der Waals surface area contributed by atoms with Gasteiger partial charge >= 0.3 is 0 Å². The molecule has 1 atom stereocenters. The van der Waals surface area contributed by atoms with E-state index in [1.807, 2.05) is 0 Å². The fourth-order valence-corrected chi connectivity index (χ4v) is 2.90. The minimum atomic E-state index is 0.463. The number of morpholine rings is 1. The van der Waals surface area contributed by atoms with E-state index in [-0.39, 0.29) is 0 Å². The number of nitrogens with zero attached hydrogens (tertiary/aromatic N) is 2. The predicted molar refractivity (Wildman–Crippen MR) is 75.0 cm³/mol. The minimum Gasteiger partial charge on any atom is -0.378 e. The molecule has 4 nitrogen and oxygen atoms in total. The third-order valence-electron chi connectivity index (χ3n) is 3.12. The van der Waals surface area contributed by atoms with Crippen LogP contribution in [0.1, 0.15) is 24.5 Å². The molecule has 1 saturated heterocycles. The van der Waals surface area contributed by atoms with Gasteiger partial charge in [0.25, 0.3) is 0 Å². The van der Waals surface area contributed by atoms with E-state index < -0.39 is 0 Å². The van der Waals surface area contributed by atoms with E-state index in [1.165, 1.54) is 5.01 Å². The van der Waals surface area contributed by atoms with Gasteiger partial charge in [0, 0.05) is 36.2 Å². The molecule has 0 bridgehead atoms. The maximum Gasteiger partial charge on any atom is 0.107 e. The van der Waals surface area contributed by atoms with Crippen molar-refractivity contribution in [1.29, 1.82) is 0 Å². The maximum absolute atomic E-state index is 5.59. The zero-order valence-electron chi connectivity index (χ0n) is 11.5. The van der Waals surface area contributed by atoms with Crippen LogP contribution < -0.4 is 5.32 Å². The topological polar surface area (TPSA) is 37.4 Å². The predicted octanol–water partition coefficient (Wildman–Crippen LogP) is 1.65. The van der Waals surface area contributed by atoms with E-state index in [4.69, 9.17) is 4.74 Å². The summed E-state index contributed by atoms with van der Waals surface area (Å²) in [6.45, 7) is 11.0. The number of aromatic nitrogens is 1. The Morgan fingerprint density at radius 2 is 2.44 bits per heavy atom. The van der Waals surface area contributed by atoms with Crippen molar-refractivity contribution in [3.8, 4) is 0 Å². The van der Waals surface area contributed by atoms with E-state index in [2.05, 4.69) is 41.4 Å². The molecular formula is C13H23N3OS. The van der Waals surface area contributed by atoms with Crippen LogP contribution in [0.5, 0.6) is 0 Å². The standard InChI is InChI=1S/C13H23N3OS/c1-10(2)14-6-12-8-17-5-4-16(12)7-13-15-11(3)9-18-13/h9-10,12,14H,4-8H2,1-3H3. The average molecular weight is 269 g/mol. The molecule has 5 heteroatoms. The summed E-state index contributed by atoms with van der Waals surface area (Å²) in [6.07, 6.45) is 0. The highest BCUT2D eigenvalue weighted by Gasteiger charge is 2.23. The Labute approximate surface area is 113 Å². The van der Waals surface area contributed by atoms with Crippen LogP contribution in [0.2, 0.25) is 0 Å². The first-order valence-electron chi connectivity index (χ1n) is 6.61. The molecule has 2 rings (SSSR count). The van der Waals surface area contributed by atoms with E-state index in [1.54, 1.807) is 11.3 Å². The SMILES string of the molecule is Cc1csc(CN2CCOCC2CNC(C)C)n1. The number of thiazole rings is 1. The van der Waals surface area contributed by atoms with Gasteiger partial charge in [0.2, 0.25) is 0 Å². The molecule has 0 amide bonds. The van der Waals surface area contributed by atoms with Crippen molar-refractivity contribution in [1.82, 2.24) is 15.2 Å². The van der Waals surface area contributed by atoms with Gasteiger partial charge in [-0.3, -0.25) is 4.90 Å². The Bertz CT molecular complexity index is 367. The van der Waals surface area contributed by atoms with Crippen molar-refractivity contribution in [3.63, 3.8) is 0 Å². The van der Waals surface area contributed by atoms with Gasteiger partial charge in [-0.05, 0) is 6.92 Å². The first kappa shape index (κ1) is 13.9. The monoisotopic (exact) mass is 269 g/mol. The second-order valence-electron chi connectivity index (χ2n) is 5.14. The Kier molecular flexibility index (Phi) is 5.12. The largest absolute Gasteiger partial charge is 0.378 e. The molecular weight excluding hydrogens is 246 g/mol. The molecule has 1 aromatic heterocycles. The summed E-state index contributed by atoms with van der Waals surface area (Å²) in [4.78, 5) is 7.03. The van der Waals surface area contributed by atoms with E-state index in [9.17, 15) is 0 Å². The molecule has 1 fully saturated rings. The van der Waals surface area contributed by atoms with Gasteiger partial charge in [-0.1, -0.05) is 13.8 Å². The van der Waals surface area contributed by atoms with Crippen molar-refractivity contribution in [2.75, 3.05) is 26.3 Å². The van der Waals surface area contributed by atoms with Crippen molar-refractivity contribution in [2.24, 2.45) is 0 Å².